The molecule has 0 aromatic heterocycles. The minimum Gasteiger partial charge on any atom is -0.494 e. The van der Waals surface area contributed by atoms with Crippen molar-refractivity contribution < 1.29 is 14.3 Å². The molecular formula is C21H27NO3. The number of aryl methyl sites for hydroxylation is 2. The summed E-state index contributed by atoms with van der Waals surface area (Å²) >= 11 is 0. The van der Waals surface area contributed by atoms with Crippen LogP contribution in [0.5, 0.6) is 5.75 Å². The van der Waals surface area contributed by atoms with Crippen molar-refractivity contribution in [3.8, 4) is 16.9 Å². The first kappa shape index (κ1) is 19.0. The summed E-state index contributed by atoms with van der Waals surface area (Å²) in [7, 11) is 1.42. The van der Waals surface area contributed by atoms with E-state index in [1.807, 2.05) is 12.1 Å². The summed E-state index contributed by atoms with van der Waals surface area (Å²) in [6.45, 7) is 7.48. The Morgan fingerprint density at radius 3 is 2.40 bits per heavy atom. The van der Waals surface area contributed by atoms with Crippen molar-refractivity contribution in [2.75, 3.05) is 20.3 Å². The van der Waals surface area contributed by atoms with E-state index in [4.69, 9.17) is 15.2 Å². The van der Waals surface area contributed by atoms with E-state index in [0.29, 0.717) is 13.2 Å². The third kappa shape index (κ3) is 4.60. The van der Waals surface area contributed by atoms with Crippen molar-refractivity contribution in [3.63, 3.8) is 0 Å². The van der Waals surface area contributed by atoms with Crippen molar-refractivity contribution in [2.24, 2.45) is 5.73 Å². The van der Waals surface area contributed by atoms with E-state index in [-0.39, 0.29) is 12.4 Å². The van der Waals surface area contributed by atoms with Gasteiger partial charge < -0.3 is 15.2 Å². The van der Waals surface area contributed by atoms with Crippen LogP contribution in [0.25, 0.3) is 11.1 Å². The van der Waals surface area contributed by atoms with Gasteiger partial charge in [-0.15, -0.1) is 0 Å². The van der Waals surface area contributed by atoms with E-state index >= 15 is 0 Å². The number of methoxy groups -OCH3 is 1. The fraction of sp³-hybridized carbons (Fsp3) is 0.381. The molecule has 4 nitrogen and oxygen atoms in total. The Morgan fingerprint density at radius 2 is 1.80 bits per heavy atom. The van der Waals surface area contributed by atoms with Crippen LogP contribution in [0.2, 0.25) is 0 Å². The average molecular weight is 341 g/mol. The fourth-order valence-electron chi connectivity index (χ4n) is 3.08. The largest absolute Gasteiger partial charge is 0.494 e. The highest BCUT2D eigenvalue weighted by molar-refractivity contribution is 5.78. The van der Waals surface area contributed by atoms with Crippen LogP contribution in [-0.2, 0) is 16.0 Å². The predicted octanol–water partition coefficient (Wildman–Crippen LogP) is 3.72. The average Bonchev–Trinajstić information content (AvgIpc) is 2.57. The molecule has 0 heterocycles. The zero-order chi connectivity index (χ0) is 18.4. The molecule has 0 radical (unpaired) electrons. The van der Waals surface area contributed by atoms with Gasteiger partial charge in [0.15, 0.2) is 0 Å². The Balaban J connectivity index is 2.38. The van der Waals surface area contributed by atoms with Crippen molar-refractivity contribution in [1.29, 1.82) is 0 Å². The van der Waals surface area contributed by atoms with Gasteiger partial charge in [0.25, 0.3) is 0 Å². The van der Waals surface area contributed by atoms with E-state index in [9.17, 15) is 4.79 Å². The lowest BCUT2D eigenvalue weighted by Gasteiger charge is -2.17. The summed E-state index contributed by atoms with van der Waals surface area (Å²) in [5.74, 6) is 0.646. The molecule has 0 saturated carbocycles. The van der Waals surface area contributed by atoms with Gasteiger partial charge in [0.05, 0.1) is 20.1 Å². The number of carbonyl (C=O) groups is 1. The molecule has 0 amide bonds. The molecule has 0 bridgehead atoms. The van der Waals surface area contributed by atoms with Crippen molar-refractivity contribution in [1.82, 2.24) is 0 Å². The smallest absolute Gasteiger partial charge is 0.309 e. The second-order valence-electron chi connectivity index (χ2n) is 6.27. The number of nitrogens with two attached hydrogens (primary N) is 1. The molecule has 0 aliphatic heterocycles. The third-order valence-corrected chi connectivity index (χ3v) is 4.40. The van der Waals surface area contributed by atoms with E-state index in [0.717, 1.165) is 40.0 Å². The second-order valence-corrected chi connectivity index (χ2v) is 6.27. The predicted molar refractivity (Wildman–Crippen MR) is 101 cm³/mol. The zero-order valence-corrected chi connectivity index (χ0v) is 15.5. The molecule has 4 heteroatoms. The summed E-state index contributed by atoms with van der Waals surface area (Å²) in [5.41, 5.74) is 12.3. The number of benzene rings is 2. The standard InChI is InChI=1S/C21H27NO3/c1-14-11-18(25-10-6-9-22)12-15(2)21(14)19-8-5-7-17(16(19)3)13-20(23)24-4/h5,7-8,11-12H,6,9-10,13,22H2,1-4H3. The lowest BCUT2D eigenvalue weighted by atomic mass is 9.89. The molecule has 25 heavy (non-hydrogen) atoms. The van der Waals surface area contributed by atoms with E-state index in [1.54, 1.807) is 0 Å². The van der Waals surface area contributed by atoms with Crippen LogP contribution in [0.3, 0.4) is 0 Å². The van der Waals surface area contributed by atoms with Crippen LogP contribution >= 0.6 is 0 Å². The van der Waals surface area contributed by atoms with Crippen LogP contribution < -0.4 is 10.5 Å². The minimum atomic E-state index is -0.225. The quantitative estimate of drug-likeness (QED) is 0.616. The van der Waals surface area contributed by atoms with Gasteiger partial charge in [-0.2, -0.15) is 0 Å². The molecule has 0 atom stereocenters. The summed E-state index contributed by atoms with van der Waals surface area (Å²) in [4.78, 5) is 11.6. The summed E-state index contributed by atoms with van der Waals surface area (Å²) < 4.78 is 10.6. The first-order chi connectivity index (χ1) is 12.0. The van der Waals surface area contributed by atoms with Gasteiger partial charge in [0.2, 0.25) is 0 Å². The van der Waals surface area contributed by atoms with Gasteiger partial charge in [0, 0.05) is 0 Å². The van der Waals surface area contributed by atoms with Crippen LogP contribution in [0.1, 0.15) is 28.7 Å². The van der Waals surface area contributed by atoms with Crippen LogP contribution in [0, 0.1) is 20.8 Å². The number of hydrogen-bond donors (Lipinski definition) is 1. The molecule has 2 aromatic rings. The molecule has 2 N–H and O–H groups in total. The van der Waals surface area contributed by atoms with E-state index < -0.39 is 0 Å². The fourth-order valence-corrected chi connectivity index (χ4v) is 3.08. The Kier molecular flexibility index (Phi) is 6.59. The monoisotopic (exact) mass is 341 g/mol. The number of carbonyl (C=O) groups excluding carboxylic acids is 1. The van der Waals surface area contributed by atoms with Gasteiger partial charge in [-0.1, -0.05) is 18.2 Å². The van der Waals surface area contributed by atoms with E-state index in [1.165, 1.54) is 12.7 Å². The Labute approximate surface area is 150 Å². The highest BCUT2D eigenvalue weighted by Crippen LogP contribution is 2.34. The van der Waals surface area contributed by atoms with Gasteiger partial charge in [0.1, 0.15) is 5.75 Å². The topological polar surface area (TPSA) is 61.5 Å². The molecular weight excluding hydrogens is 314 g/mol. The molecule has 0 saturated heterocycles. The second kappa shape index (κ2) is 8.67. The Bertz CT molecular complexity index is 730. The lowest BCUT2D eigenvalue weighted by Crippen LogP contribution is -2.07. The van der Waals surface area contributed by atoms with Crippen molar-refractivity contribution in [3.05, 3.63) is 52.6 Å². The summed E-state index contributed by atoms with van der Waals surface area (Å²) in [6.07, 6.45) is 1.13. The Morgan fingerprint density at radius 1 is 1.12 bits per heavy atom. The summed E-state index contributed by atoms with van der Waals surface area (Å²) in [6, 6.07) is 10.2. The zero-order valence-electron chi connectivity index (χ0n) is 15.5. The SMILES string of the molecule is COC(=O)Cc1cccc(-c2c(C)cc(OCCCN)cc2C)c1C. The van der Waals surface area contributed by atoms with Crippen molar-refractivity contribution >= 4 is 5.97 Å². The maximum atomic E-state index is 11.6. The number of ether oxygens (including phenoxy) is 2. The molecule has 134 valence electrons. The lowest BCUT2D eigenvalue weighted by molar-refractivity contribution is -0.139. The number of hydrogen-bond acceptors (Lipinski definition) is 4. The summed E-state index contributed by atoms with van der Waals surface area (Å²) in [5, 5.41) is 0. The maximum absolute atomic E-state index is 11.6. The molecule has 2 aromatic carbocycles. The third-order valence-electron chi connectivity index (χ3n) is 4.40. The van der Waals surface area contributed by atoms with Gasteiger partial charge >= 0.3 is 5.97 Å². The number of esters is 1. The molecule has 0 aliphatic rings. The van der Waals surface area contributed by atoms with E-state index in [2.05, 4.69) is 39.0 Å². The first-order valence-electron chi connectivity index (χ1n) is 8.57. The number of rotatable bonds is 7. The minimum absolute atomic E-state index is 0.225. The highest BCUT2D eigenvalue weighted by Gasteiger charge is 2.14. The van der Waals surface area contributed by atoms with Gasteiger partial charge in [-0.05, 0) is 79.3 Å². The molecule has 0 unspecified atom stereocenters. The van der Waals surface area contributed by atoms with Crippen LogP contribution in [-0.4, -0.2) is 26.2 Å². The van der Waals surface area contributed by atoms with Crippen LogP contribution in [0.4, 0.5) is 0 Å². The van der Waals surface area contributed by atoms with Crippen LogP contribution in [0.15, 0.2) is 30.3 Å². The molecule has 0 fully saturated rings. The first-order valence-corrected chi connectivity index (χ1v) is 8.57. The molecule has 2 rings (SSSR count). The highest BCUT2D eigenvalue weighted by atomic mass is 16.5. The molecule has 0 aliphatic carbocycles. The Hall–Kier alpha value is -2.33. The van der Waals surface area contributed by atoms with Crippen molar-refractivity contribution in [2.45, 2.75) is 33.6 Å². The normalized spacial score (nSPS) is 10.6. The van der Waals surface area contributed by atoms with Gasteiger partial charge in [-0.3, -0.25) is 4.79 Å². The maximum Gasteiger partial charge on any atom is 0.309 e. The van der Waals surface area contributed by atoms with Gasteiger partial charge in [-0.25, -0.2) is 0 Å². The molecule has 0 spiro atoms.